The monoisotopic (exact) mass is 398 g/mol. The van der Waals surface area contributed by atoms with E-state index in [2.05, 4.69) is 5.32 Å². The summed E-state index contributed by atoms with van der Waals surface area (Å²) in [7, 11) is 0. The molecule has 0 saturated carbocycles. The van der Waals surface area contributed by atoms with Crippen LogP contribution in [0.2, 0.25) is 0 Å². The third kappa shape index (κ3) is 4.09. The number of aryl methyl sites for hydroxylation is 2. The number of amides is 2. The van der Waals surface area contributed by atoms with Crippen molar-refractivity contribution in [3.63, 3.8) is 0 Å². The third-order valence-corrected chi connectivity index (χ3v) is 6.26. The number of anilines is 2. The van der Waals surface area contributed by atoms with Gasteiger partial charge in [-0.3, -0.25) is 9.59 Å². The zero-order chi connectivity index (χ0) is 19.5. The molecule has 2 heterocycles. The van der Waals surface area contributed by atoms with E-state index < -0.39 is 11.9 Å². The molecule has 1 aliphatic carbocycles. The number of esters is 1. The van der Waals surface area contributed by atoms with Crippen LogP contribution in [0.1, 0.15) is 45.8 Å². The second kappa shape index (κ2) is 8.14. The van der Waals surface area contributed by atoms with Crippen molar-refractivity contribution in [1.82, 2.24) is 0 Å². The molecule has 6 nitrogen and oxygen atoms in total. The van der Waals surface area contributed by atoms with Crippen molar-refractivity contribution < 1.29 is 19.1 Å². The molecular formula is C21H22N2O4S. The van der Waals surface area contributed by atoms with Crippen LogP contribution < -0.4 is 10.2 Å². The highest BCUT2D eigenvalue weighted by atomic mass is 32.1. The number of hydrogen-bond acceptors (Lipinski definition) is 5. The molecule has 7 heteroatoms. The summed E-state index contributed by atoms with van der Waals surface area (Å²) in [5.41, 5.74) is 2.58. The molecule has 4 rings (SSSR count). The Morgan fingerprint density at radius 2 is 1.96 bits per heavy atom. The van der Waals surface area contributed by atoms with Crippen LogP contribution in [0.5, 0.6) is 0 Å². The van der Waals surface area contributed by atoms with Gasteiger partial charge in [-0.15, -0.1) is 11.3 Å². The lowest BCUT2D eigenvalue weighted by Gasteiger charge is -2.16. The minimum Gasteiger partial charge on any atom is -0.451 e. The Labute approximate surface area is 167 Å². The van der Waals surface area contributed by atoms with Crippen molar-refractivity contribution >= 4 is 40.5 Å². The Morgan fingerprint density at radius 1 is 1.11 bits per heavy atom. The molecular weight excluding hydrogens is 376 g/mol. The highest BCUT2D eigenvalue weighted by Crippen LogP contribution is 2.30. The number of carbonyl (C=O) groups is 3. The molecule has 1 aliphatic heterocycles. The van der Waals surface area contributed by atoms with Gasteiger partial charge in [-0.05, 0) is 61.9 Å². The molecule has 0 spiro atoms. The molecule has 28 heavy (non-hydrogen) atoms. The van der Waals surface area contributed by atoms with Crippen LogP contribution in [-0.4, -0.2) is 30.9 Å². The molecule has 1 fully saturated rings. The van der Waals surface area contributed by atoms with Crippen molar-refractivity contribution in [2.24, 2.45) is 0 Å². The predicted molar refractivity (Wildman–Crippen MR) is 108 cm³/mol. The lowest BCUT2D eigenvalue weighted by Crippen LogP contribution is -2.24. The van der Waals surface area contributed by atoms with Gasteiger partial charge in [0.05, 0.1) is 0 Å². The standard InChI is InChI=1S/C21H22N2O4S/c24-19(13-27-21(26)18-11-14-5-1-2-8-17(14)28-18)22-15-6-3-7-16(12-15)23-10-4-9-20(23)25/h3,6-7,11-12H,1-2,4-5,8-10,13H2,(H,22,24). The SMILES string of the molecule is O=C(COC(=O)c1cc2c(s1)CCCC2)Nc1cccc(N2CCCC2=O)c1. The van der Waals surface area contributed by atoms with Crippen molar-refractivity contribution in [3.05, 3.63) is 45.6 Å². The quantitative estimate of drug-likeness (QED) is 0.782. The molecule has 2 aromatic rings. The van der Waals surface area contributed by atoms with Crippen molar-refractivity contribution in [2.45, 2.75) is 38.5 Å². The Kier molecular flexibility index (Phi) is 5.43. The number of hydrogen-bond donors (Lipinski definition) is 1. The van der Waals surface area contributed by atoms with Crippen LogP contribution in [0.3, 0.4) is 0 Å². The highest BCUT2D eigenvalue weighted by Gasteiger charge is 2.22. The first kappa shape index (κ1) is 18.7. The van der Waals surface area contributed by atoms with Crippen LogP contribution in [-0.2, 0) is 27.2 Å². The summed E-state index contributed by atoms with van der Waals surface area (Å²) in [6.45, 7) is 0.354. The number of rotatable bonds is 5. The van der Waals surface area contributed by atoms with Gasteiger partial charge in [-0.25, -0.2) is 4.79 Å². The zero-order valence-corrected chi connectivity index (χ0v) is 16.3. The molecule has 146 valence electrons. The minimum absolute atomic E-state index is 0.0936. The molecule has 0 bridgehead atoms. The molecule has 0 atom stereocenters. The van der Waals surface area contributed by atoms with Gasteiger partial charge >= 0.3 is 5.97 Å². The van der Waals surface area contributed by atoms with Gasteiger partial charge in [0, 0.05) is 29.2 Å². The van der Waals surface area contributed by atoms with Gasteiger partial charge in [-0.2, -0.15) is 0 Å². The van der Waals surface area contributed by atoms with Gasteiger partial charge in [0.15, 0.2) is 6.61 Å². The van der Waals surface area contributed by atoms with E-state index in [4.69, 9.17) is 4.74 Å². The van der Waals surface area contributed by atoms with E-state index in [9.17, 15) is 14.4 Å². The number of fused-ring (bicyclic) bond motifs is 1. The lowest BCUT2D eigenvalue weighted by atomic mass is 9.99. The Bertz CT molecular complexity index is 897. The van der Waals surface area contributed by atoms with E-state index >= 15 is 0 Å². The molecule has 1 saturated heterocycles. The number of nitrogens with one attached hydrogen (secondary N) is 1. The van der Waals surface area contributed by atoms with Gasteiger partial charge in [0.25, 0.3) is 5.91 Å². The summed E-state index contributed by atoms with van der Waals surface area (Å²) in [5.74, 6) is -0.762. The summed E-state index contributed by atoms with van der Waals surface area (Å²) in [5, 5.41) is 2.73. The van der Waals surface area contributed by atoms with Gasteiger partial charge in [0.1, 0.15) is 4.88 Å². The third-order valence-electron chi connectivity index (χ3n) is 5.05. The Hall–Kier alpha value is -2.67. The molecule has 1 N–H and O–H groups in total. The fourth-order valence-electron chi connectivity index (χ4n) is 3.66. The summed E-state index contributed by atoms with van der Waals surface area (Å²) in [6.07, 6.45) is 5.74. The smallest absolute Gasteiger partial charge is 0.348 e. The van der Waals surface area contributed by atoms with Crippen LogP contribution >= 0.6 is 11.3 Å². The van der Waals surface area contributed by atoms with Crippen LogP contribution in [0.25, 0.3) is 0 Å². The van der Waals surface area contributed by atoms with E-state index in [1.807, 2.05) is 12.1 Å². The van der Waals surface area contributed by atoms with Crippen molar-refractivity contribution in [1.29, 1.82) is 0 Å². The van der Waals surface area contributed by atoms with E-state index in [-0.39, 0.29) is 12.5 Å². The Morgan fingerprint density at radius 3 is 2.75 bits per heavy atom. The molecule has 0 unspecified atom stereocenters. The number of benzene rings is 1. The van der Waals surface area contributed by atoms with E-state index in [1.54, 1.807) is 23.1 Å². The molecule has 2 amide bonds. The van der Waals surface area contributed by atoms with E-state index in [1.165, 1.54) is 21.8 Å². The summed E-state index contributed by atoms with van der Waals surface area (Å²) < 4.78 is 5.18. The topological polar surface area (TPSA) is 75.7 Å². The van der Waals surface area contributed by atoms with Crippen LogP contribution in [0.4, 0.5) is 11.4 Å². The van der Waals surface area contributed by atoms with Crippen LogP contribution in [0.15, 0.2) is 30.3 Å². The number of carbonyl (C=O) groups excluding carboxylic acids is 3. The Balaban J connectivity index is 1.32. The van der Waals surface area contributed by atoms with Gasteiger partial charge < -0.3 is 15.0 Å². The maximum absolute atomic E-state index is 12.2. The maximum atomic E-state index is 12.2. The predicted octanol–water partition coefficient (Wildman–Crippen LogP) is 3.55. The fourth-order valence-corrected chi connectivity index (χ4v) is 4.81. The number of ether oxygens (including phenoxy) is 1. The highest BCUT2D eigenvalue weighted by molar-refractivity contribution is 7.14. The largest absolute Gasteiger partial charge is 0.451 e. The second-order valence-corrected chi connectivity index (χ2v) is 8.23. The molecule has 0 radical (unpaired) electrons. The zero-order valence-electron chi connectivity index (χ0n) is 15.5. The van der Waals surface area contributed by atoms with E-state index in [0.717, 1.165) is 37.8 Å². The molecule has 1 aromatic heterocycles. The van der Waals surface area contributed by atoms with Crippen molar-refractivity contribution in [3.8, 4) is 0 Å². The molecule has 2 aliphatic rings. The maximum Gasteiger partial charge on any atom is 0.348 e. The van der Waals surface area contributed by atoms with Crippen molar-refractivity contribution in [2.75, 3.05) is 23.4 Å². The lowest BCUT2D eigenvalue weighted by molar-refractivity contribution is -0.119. The van der Waals surface area contributed by atoms with Gasteiger partial charge in [0.2, 0.25) is 5.91 Å². The first-order valence-electron chi connectivity index (χ1n) is 9.59. The number of nitrogens with zero attached hydrogens (tertiary/aromatic N) is 1. The summed E-state index contributed by atoms with van der Waals surface area (Å²) in [6, 6.07) is 9.04. The second-order valence-electron chi connectivity index (χ2n) is 7.09. The average Bonchev–Trinajstić information content (AvgIpc) is 3.32. The fraction of sp³-hybridized carbons (Fsp3) is 0.381. The molecule has 1 aromatic carbocycles. The first-order chi connectivity index (χ1) is 13.6. The number of thiophene rings is 1. The minimum atomic E-state index is -0.453. The summed E-state index contributed by atoms with van der Waals surface area (Å²) >= 11 is 1.47. The van der Waals surface area contributed by atoms with Crippen LogP contribution in [0, 0.1) is 0 Å². The van der Waals surface area contributed by atoms with E-state index in [0.29, 0.717) is 23.5 Å². The normalized spacial score (nSPS) is 16.0. The first-order valence-corrected chi connectivity index (χ1v) is 10.4. The average molecular weight is 398 g/mol. The van der Waals surface area contributed by atoms with Gasteiger partial charge in [-0.1, -0.05) is 6.07 Å². The summed E-state index contributed by atoms with van der Waals surface area (Å²) in [4.78, 5) is 39.8.